The smallest absolute Gasteiger partial charge is 0.235 e. The maximum atomic E-state index is 12.2. The Kier molecular flexibility index (Phi) is 4.32. The van der Waals surface area contributed by atoms with Crippen LogP contribution in [-0.4, -0.2) is 45.6 Å². The van der Waals surface area contributed by atoms with Crippen molar-refractivity contribution in [3.63, 3.8) is 0 Å². The van der Waals surface area contributed by atoms with Crippen molar-refractivity contribution < 1.29 is 4.79 Å². The van der Waals surface area contributed by atoms with E-state index >= 15 is 0 Å². The minimum atomic E-state index is 0.0599. The molecule has 0 aromatic carbocycles. The maximum absolute atomic E-state index is 12.2. The van der Waals surface area contributed by atoms with Crippen LogP contribution in [0.1, 0.15) is 37.1 Å². The summed E-state index contributed by atoms with van der Waals surface area (Å²) in [6, 6.07) is 2.09. The summed E-state index contributed by atoms with van der Waals surface area (Å²) in [5, 5.41) is 7.38. The molecule has 0 bridgehead atoms. The van der Waals surface area contributed by atoms with E-state index in [-0.39, 0.29) is 11.2 Å². The summed E-state index contributed by atoms with van der Waals surface area (Å²) >= 11 is 1.61. The molecule has 1 aliphatic heterocycles. The zero-order valence-electron chi connectivity index (χ0n) is 11.3. The quantitative estimate of drug-likeness (QED) is 0.913. The van der Waals surface area contributed by atoms with Gasteiger partial charge in [-0.2, -0.15) is 16.9 Å². The molecule has 1 aliphatic rings. The average Bonchev–Trinajstić information content (AvgIpc) is 2.84. The fourth-order valence-electron chi connectivity index (χ4n) is 2.42. The summed E-state index contributed by atoms with van der Waals surface area (Å²) in [5.41, 5.74) is 2.19. The van der Waals surface area contributed by atoms with Crippen LogP contribution in [-0.2, 0) is 4.79 Å². The minimum Gasteiger partial charge on any atom is -0.341 e. The number of aromatic amines is 1. The normalized spacial score (nSPS) is 21.9. The molecule has 2 atom stereocenters. The number of nitrogens with one attached hydrogen (secondary N) is 1. The molecule has 1 aromatic rings. The Balaban J connectivity index is 2.02. The Bertz CT molecular complexity index is 418. The van der Waals surface area contributed by atoms with Crippen LogP contribution in [0.2, 0.25) is 0 Å². The monoisotopic (exact) mass is 267 g/mol. The van der Waals surface area contributed by atoms with E-state index < -0.39 is 0 Å². The molecule has 0 saturated carbocycles. The number of hydrogen-bond donors (Lipinski definition) is 1. The van der Waals surface area contributed by atoms with Gasteiger partial charge in [-0.3, -0.25) is 9.89 Å². The number of carbonyl (C=O) groups is 1. The lowest BCUT2D eigenvalue weighted by Crippen LogP contribution is -2.42. The SMILES string of the molecule is CSC(C)C(=O)N1CCCC(c2cc(C)[nH]n2)C1. The van der Waals surface area contributed by atoms with Crippen molar-refractivity contribution in [3.05, 3.63) is 17.5 Å². The van der Waals surface area contributed by atoms with Gasteiger partial charge < -0.3 is 4.90 Å². The molecule has 4 nitrogen and oxygen atoms in total. The molecular formula is C13H21N3OS. The first kappa shape index (κ1) is 13.5. The highest BCUT2D eigenvalue weighted by atomic mass is 32.2. The molecule has 2 unspecified atom stereocenters. The number of likely N-dealkylation sites (tertiary alicyclic amines) is 1. The third-order valence-corrected chi connectivity index (χ3v) is 4.49. The maximum Gasteiger partial charge on any atom is 0.235 e. The van der Waals surface area contributed by atoms with Crippen molar-refractivity contribution in [3.8, 4) is 0 Å². The van der Waals surface area contributed by atoms with Gasteiger partial charge in [0.2, 0.25) is 5.91 Å². The molecule has 2 heterocycles. The third-order valence-electron chi connectivity index (χ3n) is 3.58. The predicted molar refractivity (Wildman–Crippen MR) is 74.9 cm³/mol. The number of aryl methyl sites for hydroxylation is 1. The van der Waals surface area contributed by atoms with E-state index in [4.69, 9.17) is 0 Å². The van der Waals surface area contributed by atoms with Crippen molar-refractivity contribution in [2.45, 2.75) is 37.9 Å². The van der Waals surface area contributed by atoms with Crippen molar-refractivity contribution in [1.29, 1.82) is 0 Å². The molecular weight excluding hydrogens is 246 g/mol. The molecule has 5 heteroatoms. The molecule has 1 saturated heterocycles. The lowest BCUT2D eigenvalue weighted by atomic mass is 9.94. The average molecular weight is 267 g/mol. The Hall–Kier alpha value is -0.970. The first-order valence-corrected chi connectivity index (χ1v) is 7.74. The van der Waals surface area contributed by atoms with Gasteiger partial charge in [0.1, 0.15) is 0 Å². The number of hydrogen-bond acceptors (Lipinski definition) is 3. The van der Waals surface area contributed by atoms with Crippen LogP contribution < -0.4 is 0 Å². The van der Waals surface area contributed by atoms with Gasteiger partial charge in [-0.1, -0.05) is 0 Å². The van der Waals surface area contributed by atoms with E-state index in [9.17, 15) is 4.79 Å². The highest BCUT2D eigenvalue weighted by Gasteiger charge is 2.28. The Morgan fingerprint density at radius 1 is 1.67 bits per heavy atom. The van der Waals surface area contributed by atoms with Crippen molar-refractivity contribution in [2.75, 3.05) is 19.3 Å². The van der Waals surface area contributed by atoms with Gasteiger partial charge in [0, 0.05) is 24.7 Å². The summed E-state index contributed by atoms with van der Waals surface area (Å²) in [7, 11) is 0. The number of rotatable bonds is 3. The number of amides is 1. The Morgan fingerprint density at radius 2 is 2.44 bits per heavy atom. The second-order valence-electron chi connectivity index (χ2n) is 4.98. The first-order valence-electron chi connectivity index (χ1n) is 6.45. The number of piperidine rings is 1. The van der Waals surface area contributed by atoms with Crippen LogP contribution in [0.5, 0.6) is 0 Å². The van der Waals surface area contributed by atoms with E-state index in [0.717, 1.165) is 37.3 Å². The second kappa shape index (κ2) is 5.78. The zero-order chi connectivity index (χ0) is 13.1. The zero-order valence-corrected chi connectivity index (χ0v) is 12.1. The highest BCUT2D eigenvalue weighted by molar-refractivity contribution is 7.99. The van der Waals surface area contributed by atoms with Crippen molar-refractivity contribution >= 4 is 17.7 Å². The van der Waals surface area contributed by atoms with E-state index in [2.05, 4.69) is 16.3 Å². The van der Waals surface area contributed by atoms with Gasteiger partial charge in [0.15, 0.2) is 0 Å². The van der Waals surface area contributed by atoms with E-state index in [1.807, 2.05) is 25.0 Å². The van der Waals surface area contributed by atoms with Gasteiger partial charge in [0.25, 0.3) is 0 Å². The molecule has 0 radical (unpaired) electrons. The molecule has 1 N–H and O–H groups in total. The summed E-state index contributed by atoms with van der Waals surface area (Å²) in [6.07, 6.45) is 4.19. The molecule has 2 rings (SSSR count). The van der Waals surface area contributed by atoms with Crippen LogP contribution in [0, 0.1) is 6.92 Å². The van der Waals surface area contributed by atoms with Crippen LogP contribution in [0.3, 0.4) is 0 Å². The largest absolute Gasteiger partial charge is 0.341 e. The van der Waals surface area contributed by atoms with Crippen LogP contribution in [0.15, 0.2) is 6.07 Å². The number of nitrogens with zero attached hydrogens (tertiary/aromatic N) is 2. The van der Waals surface area contributed by atoms with Gasteiger partial charge in [-0.25, -0.2) is 0 Å². The van der Waals surface area contributed by atoms with Gasteiger partial charge in [-0.05, 0) is 39.0 Å². The summed E-state index contributed by atoms with van der Waals surface area (Å²) in [5.74, 6) is 0.654. The number of H-pyrrole nitrogens is 1. The number of thioether (sulfide) groups is 1. The first-order chi connectivity index (χ1) is 8.61. The Morgan fingerprint density at radius 3 is 3.06 bits per heavy atom. The number of aromatic nitrogens is 2. The van der Waals surface area contributed by atoms with Crippen LogP contribution in [0.25, 0.3) is 0 Å². The third kappa shape index (κ3) is 2.88. The predicted octanol–water partition coefficient (Wildman–Crippen LogP) is 2.18. The summed E-state index contributed by atoms with van der Waals surface area (Å²) in [6.45, 7) is 5.70. The van der Waals surface area contributed by atoms with Crippen LogP contribution >= 0.6 is 11.8 Å². The standard InChI is InChI=1S/C13H21N3OS/c1-9-7-12(15-14-9)11-5-4-6-16(8-11)13(17)10(2)18-3/h7,10-11H,4-6,8H2,1-3H3,(H,14,15). The van der Waals surface area contributed by atoms with Gasteiger partial charge in [0.05, 0.1) is 10.9 Å². The summed E-state index contributed by atoms with van der Waals surface area (Å²) in [4.78, 5) is 14.2. The van der Waals surface area contributed by atoms with Crippen LogP contribution in [0.4, 0.5) is 0 Å². The molecule has 0 spiro atoms. The second-order valence-corrected chi connectivity index (χ2v) is 6.16. The Labute approximate surface area is 113 Å². The van der Waals surface area contributed by atoms with Gasteiger partial charge in [-0.15, -0.1) is 0 Å². The molecule has 1 fully saturated rings. The fourth-order valence-corrected chi connectivity index (χ4v) is 2.78. The van der Waals surface area contributed by atoms with E-state index in [1.165, 1.54) is 0 Å². The minimum absolute atomic E-state index is 0.0599. The fraction of sp³-hybridized carbons (Fsp3) is 0.692. The topological polar surface area (TPSA) is 49.0 Å². The van der Waals surface area contributed by atoms with Gasteiger partial charge >= 0.3 is 0 Å². The molecule has 18 heavy (non-hydrogen) atoms. The van der Waals surface area contributed by atoms with Crippen molar-refractivity contribution in [1.82, 2.24) is 15.1 Å². The highest BCUT2D eigenvalue weighted by Crippen LogP contribution is 2.27. The van der Waals surface area contributed by atoms with E-state index in [1.54, 1.807) is 11.8 Å². The molecule has 1 aromatic heterocycles. The number of carbonyl (C=O) groups excluding carboxylic acids is 1. The molecule has 0 aliphatic carbocycles. The lowest BCUT2D eigenvalue weighted by molar-refractivity contribution is -0.131. The van der Waals surface area contributed by atoms with Crippen molar-refractivity contribution in [2.24, 2.45) is 0 Å². The lowest BCUT2D eigenvalue weighted by Gasteiger charge is -2.33. The summed E-state index contributed by atoms with van der Waals surface area (Å²) < 4.78 is 0. The van der Waals surface area contributed by atoms with E-state index in [0.29, 0.717) is 5.92 Å². The molecule has 1 amide bonds. The molecule has 100 valence electrons.